The largest absolute Gasteiger partial charge is 0.497 e. The molecule has 1 aromatic carbocycles. The number of carbonyl (C=O) groups excluding carboxylic acids is 1. The van der Waals surface area contributed by atoms with Crippen LogP contribution in [0, 0.1) is 0 Å². The van der Waals surface area contributed by atoms with Gasteiger partial charge in [0.1, 0.15) is 12.3 Å². The van der Waals surface area contributed by atoms with Crippen LogP contribution >= 0.6 is 0 Å². The molecule has 1 heterocycles. The Kier molecular flexibility index (Phi) is 6.68. The molecule has 0 saturated heterocycles. The molecule has 0 bridgehead atoms. The number of carbonyl (C=O) groups is 1. The Morgan fingerprint density at radius 2 is 1.74 bits per heavy atom. The minimum atomic E-state index is -0.00615. The van der Waals surface area contributed by atoms with Crippen LogP contribution < -0.4 is 10.3 Å². The second kappa shape index (κ2) is 9.46. The summed E-state index contributed by atoms with van der Waals surface area (Å²) >= 11 is 0. The van der Waals surface area contributed by atoms with Gasteiger partial charge in [0, 0.05) is 23.7 Å². The van der Waals surface area contributed by atoms with Crippen molar-refractivity contribution in [1.82, 2.24) is 9.47 Å². The van der Waals surface area contributed by atoms with E-state index < -0.39 is 0 Å². The van der Waals surface area contributed by atoms with Gasteiger partial charge in [0.15, 0.2) is 0 Å². The zero-order chi connectivity index (χ0) is 22.0. The van der Waals surface area contributed by atoms with Gasteiger partial charge in [0.05, 0.1) is 12.6 Å². The Bertz CT molecular complexity index is 982. The van der Waals surface area contributed by atoms with Crippen molar-refractivity contribution >= 4 is 16.8 Å². The van der Waals surface area contributed by atoms with Gasteiger partial charge in [-0.3, -0.25) is 14.2 Å². The van der Waals surface area contributed by atoms with Crippen LogP contribution in [-0.2, 0) is 11.3 Å². The lowest BCUT2D eigenvalue weighted by molar-refractivity contribution is -0.136. The van der Waals surface area contributed by atoms with Crippen LogP contribution in [0.15, 0.2) is 29.1 Å². The minimum Gasteiger partial charge on any atom is -0.497 e. The molecule has 31 heavy (non-hydrogen) atoms. The molecule has 2 aliphatic rings. The molecular weight excluding hydrogens is 388 g/mol. The molecule has 0 spiro atoms. The summed E-state index contributed by atoms with van der Waals surface area (Å²) in [6, 6.07) is 8.30. The van der Waals surface area contributed by atoms with E-state index in [0.717, 1.165) is 42.1 Å². The Balaban J connectivity index is 1.75. The number of ether oxygens (including phenoxy) is 1. The normalized spacial score (nSPS) is 18.1. The number of pyridine rings is 1. The number of benzene rings is 1. The van der Waals surface area contributed by atoms with E-state index in [4.69, 9.17) is 4.74 Å². The molecule has 0 unspecified atom stereocenters. The standard InChI is InChI=1S/C26H36N2O3/c1-18(2)28(21-11-5-4-6-12-21)25(29)17-27-24-16-22(31-3)14-13-20(24)15-23(26(27)30)19-9-7-8-10-19/h13-16,18-19,21H,4-12,17H2,1-3H3. The summed E-state index contributed by atoms with van der Waals surface area (Å²) in [6.45, 7) is 4.27. The molecule has 1 amide bonds. The van der Waals surface area contributed by atoms with E-state index in [1.165, 1.54) is 32.1 Å². The molecule has 0 atom stereocenters. The van der Waals surface area contributed by atoms with E-state index in [1.807, 2.05) is 23.1 Å². The Morgan fingerprint density at radius 3 is 2.39 bits per heavy atom. The molecular formula is C26H36N2O3. The van der Waals surface area contributed by atoms with Gasteiger partial charge in [0.2, 0.25) is 5.91 Å². The van der Waals surface area contributed by atoms with Gasteiger partial charge in [-0.05, 0) is 69.0 Å². The lowest BCUT2D eigenvalue weighted by Gasteiger charge is -2.37. The van der Waals surface area contributed by atoms with Gasteiger partial charge >= 0.3 is 0 Å². The summed E-state index contributed by atoms with van der Waals surface area (Å²) in [5.41, 5.74) is 1.65. The van der Waals surface area contributed by atoms with E-state index in [0.29, 0.717) is 11.7 Å². The lowest BCUT2D eigenvalue weighted by atomic mass is 9.93. The predicted octanol–water partition coefficient (Wildman–Crippen LogP) is 5.24. The maximum atomic E-state index is 13.6. The molecule has 2 saturated carbocycles. The van der Waals surface area contributed by atoms with E-state index in [2.05, 4.69) is 19.9 Å². The van der Waals surface area contributed by atoms with Gasteiger partial charge < -0.3 is 9.64 Å². The van der Waals surface area contributed by atoms with Crippen molar-refractivity contribution in [3.05, 3.63) is 40.2 Å². The Morgan fingerprint density at radius 1 is 1.06 bits per heavy atom. The fourth-order valence-electron chi connectivity index (χ4n) is 5.68. The monoisotopic (exact) mass is 424 g/mol. The third-order valence-corrected chi connectivity index (χ3v) is 7.23. The highest BCUT2D eigenvalue weighted by Crippen LogP contribution is 2.34. The summed E-state index contributed by atoms with van der Waals surface area (Å²) in [7, 11) is 1.63. The van der Waals surface area contributed by atoms with Crippen LogP contribution in [0.1, 0.15) is 83.1 Å². The smallest absolute Gasteiger partial charge is 0.255 e. The van der Waals surface area contributed by atoms with Crippen LogP contribution in [0.4, 0.5) is 0 Å². The number of amides is 1. The number of aromatic nitrogens is 1. The van der Waals surface area contributed by atoms with Crippen LogP contribution in [0.25, 0.3) is 10.9 Å². The van der Waals surface area contributed by atoms with E-state index >= 15 is 0 Å². The van der Waals surface area contributed by atoms with Crippen molar-refractivity contribution in [3.8, 4) is 5.75 Å². The number of methoxy groups -OCH3 is 1. The first kappa shape index (κ1) is 21.9. The zero-order valence-electron chi connectivity index (χ0n) is 19.2. The number of hydrogen-bond acceptors (Lipinski definition) is 3. The van der Waals surface area contributed by atoms with Gasteiger partial charge in [0.25, 0.3) is 5.56 Å². The van der Waals surface area contributed by atoms with Crippen molar-refractivity contribution in [1.29, 1.82) is 0 Å². The van der Waals surface area contributed by atoms with Gasteiger partial charge in [-0.15, -0.1) is 0 Å². The molecule has 0 N–H and O–H groups in total. The van der Waals surface area contributed by atoms with E-state index in [-0.39, 0.29) is 30.1 Å². The summed E-state index contributed by atoms with van der Waals surface area (Å²) in [4.78, 5) is 29.2. The van der Waals surface area contributed by atoms with E-state index in [9.17, 15) is 9.59 Å². The number of nitrogens with zero attached hydrogens (tertiary/aromatic N) is 2. The highest BCUT2D eigenvalue weighted by atomic mass is 16.5. The molecule has 0 aliphatic heterocycles. The Labute approximate surface area is 185 Å². The summed E-state index contributed by atoms with van der Waals surface area (Å²) in [5.74, 6) is 1.06. The quantitative estimate of drug-likeness (QED) is 0.637. The second-order valence-electron chi connectivity index (χ2n) is 9.58. The molecule has 5 nitrogen and oxygen atoms in total. The zero-order valence-corrected chi connectivity index (χ0v) is 19.2. The highest BCUT2D eigenvalue weighted by Gasteiger charge is 2.29. The van der Waals surface area contributed by atoms with Crippen LogP contribution in [0.3, 0.4) is 0 Å². The average molecular weight is 425 g/mol. The second-order valence-corrected chi connectivity index (χ2v) is 9.58. The molecule has 0 radical (unpaired) electrons. The van der Waals surface area contributed by atoms with Crippen molar-refractivity contribution < 1.29 is 9.53 Å². The van der Waals surface area contributed by atoms with Crippen molar-refractivity contribution in [2.45, 2.75) is 96.2 Å². The fraction of sp³-hybridized carbons (Fsp3) is 0.615. The number of fused-ring (bicyclic) bond motifs is 1. The summed E-state index contributed by atoms with van der Waals surface area (Å²) in [6.07, 6.45) is 10.2. The SMILES string of the molecule is COc1ccc2cc(C3CCCC3)c(=O)n(CC(=O)N(C(C)C)C3CCCCC3)c2c1. The van der Waals surface area contributed by atoms with Crippen LogP contribution in [-0.4, -0.2) is 34.6 Å². The van der Waals surface area contributed by atoms with Gasteiger partial charge in [-0.2, -0.15) is 0 Å². The lowest BCUT2D eigenvalue weighted by Crippen LogP contribution is -2.48. The van der Waals surface area contributed by atoms with Gasteiger partial charge in [-0.25, -0.2) is 0 Å². The minimum absolute atomic E-state index is 0.00615. The fourth-order valence-corrected chi connectivity index (χ4v) is 5.68. The number of hydrogen-bond donors (Lipinski definition) is 0. The maximum Gasteiger partial charge on any atom is 0.255 e. The summed E-state index contributed by atoms with van der Waals surface area (Å²) < 4.78 is 7.14. The average Bonchev–Trinajstić information content (AvgIpc) is 3.30. The van der Waals surface area contributed by atoms with Crippen molar-refractivity contribution in [3.63, 3.8) is 0 Å². The number of rotatable bonds is 6. The third kappa shape index (κ3) is 4.51. The first-order valence-corrected chi connectivity index (χ1v) is 12.0. The molecule has 1 aromatic heterocycles. The highest BCUT2D eigenvalue weighted by molar-refractivity contribution is 5.84. The van der Waals surface area contributed by atoms with Crippen LogP contribution in [0.5, 0.6) is 5.75 Å². The molecule has 168 valence electrons. The first-order chi connectivity index (χ1) is 15.0. The van der Waals surface area contributed by atoms with Crippen molar-refractivity contribution in [2.24, 2.45) is 0 Å². The first-order valence-electron chi connectivity index (χ1n) is 12.0. The molecule has 5 heteroatoms. The molecule has 2 aromatic rings. The van der Waals surface area contributed by atoms with E-state index in [1.54, 1.807) is 11.7 Å². The third-order valence-electron chi connectivity index (χ3n) is 7.23. The topological polar surface area (TPSA) is 51.5 Å². The maximum absolute atomic E-state index is 13.6. The molecule has 2 aliphatic carbocycles. The molecule has 4 rings (SSSR count). The Hall–Kier alpha value is -2.30. The predicted molar refractivity (Wildman–Crippen MR) is 125 cm³/mol. The van der Waals surface area contributed by atoms with Gasteiger partial charge in [-0.1, -0.05) is 32.1 Å². The van der Waals surface area contributed by atoms with Crippen molar-refractivity contribution in [2.75, 3.05) is 7.11 Å². The molecule has 2 fully saturated rings. The van der Waals surface area contributed by atoms with Crippen LogP contribution in [0.2, 0.25) is 0 Å². The summed E-state index contributed by atoms with van der Waals surface area (Å²) in [5, 5.41) is 1.00.